The molecule has 2 rings (SSSR count). The van der Waals surface area contributed by atoms with Gasteiger partial charge < -0.3 is 4.52 Å². The molecule has 0 amide bonds. The first-order chi connectivity index (χ1) is 6.66. The highest BCUT2D eigenvalue weighted by atomic mass is 127. The molecule has 0 fully saturated rings. The smallest absolute Gasteiger partial charge is 0.261 e. The average molecular weight is 304 g/mol. The van der Waals surface area contributed by atoms with Gasteiger partial charge in [-0.05, 0) is 24.6 Å². The first kappa shape index (κ1) is 9.57. The zero-order valence-electron chi connectivity index (χ0n) is 7.29. The molecule has 0 atom stereocenters. The summed E-state index contributed by atoms with van der Waals surface area (Å²) in [5.41, 5.74) is 1.20. The number of aryl methyl sites for hydroxylation is 1. The Morgan fingerprint density at radius 3 is 2.79 bits per heavy atom. The van der Waals surface area contributed by atoms with Crippen LogP contribution in [0.4, 0.5) is 4.39 Å². The Morgan fingerprint density at radius 2 is 2.21 bits per heavy atom. The molecular weight excluding hydrogens is 298 g/mol. The second-order valence-corrected chi connectivity index (χ2v) is 3.82. The highest BCUT2D eigenvalue weighted by Gasteiger charge is 2.11. The molecule has 0 radical (unpaired) electrons. The van der Waals surface area contributed by atoms with Crippen LogP contribution in [0.2, 0.25) is 0 Å². The van der Waals surface area contributed by atoms with E-state index in [4.69, 9.17) is 4.52 Å². The number of hydrogen-bond acceptors (Lipinski definition) is 3. The zero-order chi connectivity index (χ0) is 10.1. The molecule has 0 aliphatic rings. The summed E-state index contributed by atoms with van der Waals surface area (Å²) >= 11 is 1.91. The number of hydrogen-bond donors (Lipinski definition) is 0. The van der Waals surface area contributed by atoms with E-state index < -0.39 is 0 Å². The second-order valence-electron chi connectivity index (χ2n) is 2.85. The summed E-state index contributed by atoms with van der Waals surface area (Å²) in [7, 11) is 0. The summed E-state index contributed by atoms with van der Waals surface area (Å²) in [6.45, 7) is 1.82. The van der Waals surface area contributed by atoms with Crippen molar-refractivity contribution in [1.82, 2.24) is 10.1 Å². The maximum Gasteiger partial charge on any atom is 0.261 e. The van der Waals surface area contributed by atoms with Gasteiger partial charge in [-0.1, -0.05) is 11.2 Å². The lowest BCUT2D eigenvalue weighted by atomic mass is 10.1. The first-order valence-corrected chi connectivity index (χ1v) is 5.00. The van der Waals surface area contributed by atoms with E-state index in [-0.39, 0.29) is 11.7 Å². The first-order valence-electron chi connectivity index (χ1n) is 3.92. The van der Waals surface area contributed by atoms with E-state index in [0.717, 1.165) is 5.56 Å². The lowest BCUT2D eigenvalue weighted by molar-refractivity contribution is 0.423. The highest BCUT2D eigenvalue weighted by molar-refractivity contribution is 14.1. The summed E-state index contributed by atoms with van der Waals surface area (Å²) in [6.07, 6.45) is 0. The third-order valence-corrected chi connectivity index (χ3v) is 2.19. The van der Waals surface area contributed by atoms with Crippen molar-refractivity contribution in [3.05, 3.63) is 33.4 Å². The van der Waals surface area contributed by atoms with Crippen molar-refractivity contribution in [3.63, 3.8) is 0 Å². The molecule has 72 valence electrons. The summed E-state index contributed by atoms with van der Waals surface area (Å²) in [4.78, 5) is 3.94. The van der Waals surface area contributed by atoms with Crippen LogP contribution >= 0.6 is 22.6 Å². The van der Waals surface area contributed by atoms with Crippen molar-refractivity contribution in [3.8, 4) is 11.5 Å². The molecule has 0 saturated heterocycles. The van der Waals surface area contributed by atoms with Gasteiger partial charge >= 0.3 is 0 Å². The molecular formula is C9H6FIN2O. The van der Waals surface area contributed by atoms with Gasteiger partial charge in [0.05, 0.1) is 5.56 Å². The normalized spacial score (nSPS) is 10.5. The number of halogens is 2. The van der Waals surface area contributed by atoms with Gasteiger partial charge in [-0.2, -0.15) is 4.98 Å². The minimum atomic E-state index is -0.343. The largest absolute Gasteiger partial charge is 0.333 e. The summed E-state index contributed by atoms with van der Waals surface area (Å²) < 4.78 is 18.7. The van der Waals surface area contributed by atoms with Crippen LogP contribution in [0.15, 0.2) is 22.7 Å². The molecule has 14 heavy (non-hydrogen) atoms. The molecule has 0 unspecified atom stereocenters. The zero-order valence-corrected chi connectivity index (χ0v) is 9.45. The van der Waals surface area contributed by atoms with Crippen molar-refractivity contribution in [2.75, 3.05) is 0 Å². The fraction of sp³-hybridized carbons (Fsp3) is 0.111. The SMILES string of the molecule is Cc1ccc(-c2nc(I)no2)c(F)c1. The standard InChI is InChI=1S/C9H6FIN2O/c1-5-2-3-6(7(10)4-5)8-12-9(11)13-14-8/h2-4H,1H3. The molecule has 5 heteroatoms. The van der Waals surface area contributed by atoms with E-state index >= 15 is 0 Å². The van der Waals surface area contributed by atoms with E-state index in [2.05, 4.69) is 10.1 Å². The summed E-state index contributed by atoms with van der Waals surface area (Å²) in [5.74, 6) is -0.128. The van der Waals surface area contributed by atoms with Crippen LogP contribution in [-0.4, -0.2) is 10.1 Å². The van der Waals surface area contributed by atoms with Crippen molar-refractivity contribution in [2.45, 2.75) is 6.92 Å². The van der Waals surface area contributed by atoms with Crippen molar-refractivity contribution < 1.29 is 8.91 Å². The molecule has 1 heterocycles. The van der Waals surface area contributed by atoms with E-state index in [9.17, 15) is 4.39 Å². The van der Waals surface area contributed by atoms with E-state index in [1.807, 2.05) is 29.5 Å². The average Bonchev–Trinajstić information content (AvgIpc) is 2.51. The highest BCUT2D eigenvalue weighted by Crippen LogP contribution is 2.21. The Balaban J connectivity index is 2.52. The van der Waals surface area contributed by atoms with Crippen LogP contribution in [0.5, 0.6) is 0 Å². The fourth-order valence-corrected chi connectivity index (χ4v) is 1.43. The second kappa shape index (κ2) is 3.64. The Morgan fingerprint density at radius 1 is 1.43 bits per heavy atom. The number of nitrogens with zero attached hydrogens (tertiary/aromatic N) is 2. The lowest BCUT2D eigenvalue weighted by Crippen LogP contribution is -1.85. The lowest BCUT2D eigenvalue weighted by Gasteiger charge is -1.97. The molecule has 0 aliphatic heterocycles. The quantitative estimate of drug-likeness (QED) is 0.761. The van der Waals surface area contributed by atoms with Crippen molar-refractivity contribution in [1.29, 1.82) is 0 Å². The van der Waals surface area contributed by atoms with E-state index in [1.165, 1.54) is 6.07 Å². The molecule has 0 saturated carbocycles. The number of aromatic nitrogens is 2. The molecule has 0 bridgehead atoms. The maximum absolute atomic E-state index is 13.4. The van der Waals surface area contributed by atoms with E-state index in [0.29, 0.717) is 9.39 Å². The van der Waals surface area contributed by atoms with Gasteiger partial charge in [0, 0.05) is 22.6 Å². The topological polar surface area (TPSA) is 38.9 Å². The van der Waals surface area contributed by atoms with Crippen molar-refractivity contribution >= 4 is 22.6 Å². The Hall–Kier alpha value is -0.980. The van der Waals surface area contributed by atoms with Crippen molar-refractivity contribution in [2.24, 2.45) is 0 Å². The van der Waals surface area contributed by atoms with E-state index in [1.54, 1.807) is 12.1 Å². The van der Waals surface area contributed by atoms with Gasteiger partial charge in [-0.25, -0.2) is 4.39 Å². The predicted octanol–water partition coefficient (Wildman–Crippen LogP) is 2.79. The van der Waals surface area contributed by atoms with Gasteiger partial charge in [0.25, 0.3) is 5.89 Å². The van der Waals surface area contributed by atoms with Crippen LogP contribution in [0.3, 0.4) is 0 Å². The van der Waals surface area contributed by atoms with Gasteiger partial charge in [0.2, 0.25) is 3.83 Å². The van der Waals surface area contributed by atoms with Gasteiger partial charge in [-0.15, -0.1) is 0 Å². The van der Waals surface area contributed by atoms with Gasteiger partial charge in [0.1, 0.15) is 5.82 Å². The number of rotatable bonds is 1. The molecule has 0 aliphatic carbocycles. The Kier molecular flexibility index (Phi) is 2.49. The molecule has 0 spiro atoms. The van der Waals surface area contributed by atoms with Crippen LogP contribution in [0.25, 0.3) is 11.5 Å². The third kappa shape index (κ3) is 1.77. The monoisotopic (exact) mass is 304 g/mol. The maximum atomic E-state index is 13.4. The molecule has 2 aromatic rings. The van der Waals surface area contributed by atoms with Crippen LogP contribution < -0.4 is 0 Å². The number of benzene rings is 1. The Labute approximate surface area is 93.5 Å². The predicted molar refractivity (Wildman–Crippen MR) is 57.1 cm³/mol. The summed E-state index contributed by atoms with van der Waals surface area (Å²) in [6, 6.07) is 4.87. The third-order valence-electron chi connectivity index (χ3n) is 1.76. The Bertz CT molecular complexity index is 470. The van der Waals surface area contributed by atoms with Crippen LogP contribution in [0, 0.1) is 16.6 Å². The fourth-order valence-electron chi connectivity index (χ4n) is 1.11. The van der Waals surface area contributed by atoms with Gasteiger partial charge in [0.15, 0.2) is 0 Å². The summed E-state index contributed by atoms with van der Waals surface area (Å²) in [5, 5.41) is 3.59. The van der Waals surface area contributed by atoms with Crippen LogP contribution in [-0.2, 0) is 0 Å². The minimum Gasteiger partial charge on any atom is -0.333 e. The minimum absolute atomic E-state index is 0.215. The molecule has 0 N–H and O–H groups in total. The molecule has 1 aromatic heterocycles. The molecule has 1 aromatic carbocycles. The molecule has 3 nitrogen and oxygen atoms in total. The van der Waals surface area contributed by atoms with Gasteiger partial charge in [-0.3, -0.25) is 0 Å². The van der Waals surface area contributed by atoms with Crippen LogP contribution in [0.1, 0.15) is 5.56 Å².